The van der Waals surface area contributed by atoms with Gasteiger partial charge < -0.3 is 5.73 Å². The van der Waals surface area contributed by atoms with E-state index in [-0.39, 0.29) is 0 Å². The summed E-state index contributed by atoms with van der Waals surface area (Å²) in [6, 6.07) is 8.52. The molecule has 2 N–H and O–H groups in total. The van der Waals surface area contributed by atoms with Gasteiger partial charge in [-0.2, -0.15) is 13.2 Å². The predicted molar refractivity (Wildman–Crippen MR) is 58.9 cm³/mol. The Labute approximate surface area is 90.8 Å². The molecule has 0 heterocycles. The molecule has 0 atom stereocenters. The fraction of sp³-hybridized carbons (Fsp3) is 0.400. The largest absolute Gasteiger partial charge is 0.379 e. The molecule has 0 aliphatic rings. The van der Waals surface area contributed by atoms with E-state index in [9.17, 15) is 13.2 Å². The summed E-state index contributed by atoms with van der Waals surface area (Å²) in [4.78, 5) is 1.40. The summed E-state index contributed by atoms with van der Waals surface area (Å²) in [5, 5.41) is 0. The second-order valence-electron chi connectivity index (χ2n) is 2.91. The number of benzene rings is 1. The van der Waals surface area contributed by atoms with Crippen LogP contribution in [0.4, 0.5) is 13.2 Å². The van der Waals surface area contributed by atoms with Crippen LogP contribution in [0, 0.1) is 0 Å². The van der Waals surface area contributed by atoms with Crippen molar-refractivity contribution >= 4 is 10.9 Å². The normalized spacial score (nSPS) is 10.1. The lowest BCUT2D eigenvalue weighted by molar-refractivity contribution is 0.00819. The monoisotopic (exact) mass is 238 g/mol. The molecule has 0 aromatic heterocycles. The SMILES string of the molecule is C[S+](C)c1ccc(CN)cc1.FC(F)F. The fourth-order valence-corrected chi connectivity index (χ4v) is 1.58. The maximum Gasteiger partial charge on any atom is 0.379 e. The van der Waals surface area contributed by atoms with Gasteiger partial charge in [-0.1, -0.05) is 12.1 Å². The number of halogens is 3. The topological polar surface area (TPSA) is 26.0 Å². The highest BCUT2D eigenvalue weighted by atomic mass is 32.2. The van der Waals surface area contributed by atoms with Crippen LogP contribution in [-0.4, -0.2) is 19.2 Å². The summed E-state index contributed by atoms with van der Waals surface area (Å²) >= 11 is 0. The van der Waals surface area contributed by atoms with E-state index in [1.54, 1.807) is 0 Å². The van der Waals surface area contributed by atoms with Crippen LogP contribution in [0.5, 0.6) is 0 Å². The lowest BCUT2D eigenvalue weighted by Gasteiger charge is -1.97. The van der Waals surface area contributed by atoms with Gasteiger partial charge in [-0.3, -0.25) is 0 Å². The van der Waals surface area contributed by atoms with Gasteiger partial charge in [0.2, 0.25) is 0 Å². The second kappa shape index (κ2) is 7.59. The van der Waals surface area contributed by atoms with E-state index in [0.717, 1.165) is 0 Å². The summed E-state index contributed by atoms with van der Waals surface area (Å²) in [7, 11) is 0.370. The van der Waals surface area contributed by atoms with Crippen molar-refractivity contribution in [1.29, 1.82) is 0 Å². The number of hydrogen-bond donors (Lipinski definition) is 1. The molecule has 0 saturated carbocycles. The van der Waals surface area contributed by atoms with Gasteiger partial charge in [0.15, 0.2) is 4.90 Å². The van der Waals surface area contributed by atoms with Gasteiger partial charge in [0, 0.05) is 17.4 Å². The third kappa shape index (κ3) is 7.27. The summed E-state index contributed by atoms with van der Waals surface area (Å²) in [6.07, 6.45) is 4.44. The molecule has 86 valence electrons. The first-order chi connectivity index (χ1) is 6.97. The van der Waals surface area contributed by atoms with Crippen LogP contribution in [0.2, 0.25) is 0 Å². The van der Waals surface area contributed by atoms with Gasteiger partial charge in [-0.05, 0) is 17.7 Å². The highest BCUT2D eigenvalue weighted by Gasteiger charge is 2.05. The highest BCUT2D eigenvalue weighted by Crippen LogP contribution is 2.09. The van der Waals surface area contributed by atoms with Crippen molar-refractivity contribution in [3.05, 3.63) is 29.8 Å². The van der Waals surface area contributed by atoms with E-state index in [1.165, 1.54) is 10.5 Å². The van der Waals surface area contributed by atoms with Crippen LogP contribution in [0.1, 0.15) is 5.56 Å². The molecule has 1 rings (SSSR count). The van der Waals surface area contributed by atoms with E-state index >= 15 is 0 Å². The Morgan fingerprint density at radius 2 is 1.53 bits per heavy atom. The molecule has 0 spiro atoms. The smallest absolute Gasteiger partial charge is 0.326 e. The van der Waals surface area contributed by atoms with E-state index in [1.807, 2.05) is 0 Å². The highest BCUT2D eigenvalue weighted by molar-refractivity contribution is 7.95. The van der Waals surface area contributed by atoms with Crippen molar-refractivity contribution in [1.82, 2.24) is 0 Å². The van der Waals surface area contributed by atoms with Gasteiger partial charge >= 0.3 is 6.68 Å². The summed E-state index contributed by atoms with van der Waals surface area (Å²) < 4.78 is 29.0. The van der Waals surface area contributed by atoms with Crippen molar-refractivity contribution in [3.8, 4) is 0 Å². The first-order valence-electron chi connectivity index (χ1n) is 4.26. The zero-order valence-electron chi connectivity index (χ0n) is 8.71. The van der Waals surface area contributed by atoms with Crippen molar-refractivity contribution in [2.24, 2.45) is 5.73 Å². The predicted octanol–water partition coefficient (Wildman–Crippen LogP) is 2.56. The molecule has 0 saturated heterocycles. The molecule has 15 heavy (non-hydrogen) atoms. The quantitative estimate of drug-likeness (QED) is 0.787. The molecule has 1 aromatic rings. The first-order valence-corrected chi connectivity index (χ1v) is 6.30. The Morgan fingerprint density at radius 3 is 1.80 bits per heavy atom. The van der Waals surface area contributed by atoms with Crippen LogP contribution < -0.4 is 5.73 Å². The minimum absolute atomic E-state index is 0.370. The maximum absolute atomic E-state index is 9.67. The number of hydrogen-bond acceptors (Lipinski definition) is 1. The number of alkyl halides is 3. The van der Waals surface area contributed by atoms with E-state index in [4.69, 9.17) is 5.73 Å². The summed E-state index contributed by atoms with van der Waals surface area (Å²) in [6.45, 7) is -3.03. The van der Waals surface area contributed by atoms with E-state index < -0.39 is 6.68 Å². The van der Waals surface area contributed by atoms with Crippen molar-refractivity contribution in [2.75, 3.05) is 12.5 Å². The molecule has 0 bridgehead atoms. The summed E-state index contributed by atoms with van der Waals surface area (Å²) in [5.41, 5.74) is 6.69. The molecule has 0 aliphatic carbocycles. The zero-order chi connectivity index (χ0) is 11.8. The summed E-state index contributed by atoms with van der Waals surface area (Å²) in [5.74, 6) is 0. The molecule has 0 radical (unpaired) electrons. The van der Waals surface area contributed by atoms with Crippen molar-refractivity contribution in [3.63, 3.8) is 0 Å². The molecule has 0 unspecified atom stereocenters. The van der Waals surface area contributed by atoms with Crippen LogP contribution >= 0.6 is 0 Å². The second-order valence-corrected chi connectivity index (χ2v) is 5.02. The molecule has 5 heteroatoms. The van der Waals surface area contributed by atoms with Crippen molar-refractivity contribution < 1.29 is 13.2 Å². The third-order valence-corrected chi connectivity index (χ3v) is 2.85. The Kier molecular flexibility index (Phi) is 7.25. The lowest BCUT2D eigenvalue weighted by Crippen LogP contribution is -1.98. The lowest BCUT2D eigenvalue weighted by atomic mass is 10.2. The maximum atomic E-state index is 9.67. The molecule has 0 amide bonds. The zero-order valence-corrected chi connectivity index (χ0v) is 9.53. The average molecular weight is 238 g/mol. The van der Waals surface area contributed by atoms with E-state index in [2.05, 4.69) is 36.8 Å². The third-order valence-electron chi connectivity index (χ3n) is 1.63. The minimum atomic E-state index is -3.67. The van der Waals surface area contributed by atoms with Crippen LogP contribution in [0.3, 0.4) is 0 Å². The van der Waals surface area contributed by atoms with Gasteiger partial charge in [0.05, 0.1) is 0 Å². The van der Waals surface area contributed by atoms with Crippen LogP contribution in [0.25, 0.3) is 0 Å². The molecular formula is C10H15F3NS+. The Balaban J connectivity index is 0.000000423. The van der Waals surface area contributed by atoms with Gasteiger partial charge in [0.1, 0.15) is 12.5 Å². The number of nitrogens with two attached hydrogens (primary N) is 1. The first kappa shape index (κ1) is 14.3. The Morgan fingerprint density at radius 1 is 1.13 bits per heavy atom. The molecule has 1 nitrogen and oxygen atoms in total. The average Bonchev–Trinajstić information content (AvgIpc) is 2.17. The van der Waals surface area contributed by atoms with Crippen LogP contribution in [0.15, 0.2) is 29.2 Å². The molecular weight excluding hydrogens is 223 g/mol. The van der Waals surface area contributed by atoms with Gasteiger partial charge in [0.25, 0.3) is 0 Å². The molecule has 0 fully saturated rings. The minimum Gasteiger partial charge on any atom is -0.326 e. The fourth-order valence-electron chi connectivity index (χ4n) is 0.898. The van der Waals surface area contributed by atoms with Gasteiger partial charge in [-0.15, -0.1) is 0 Å². The molecule has 0 aliphatic heterocycles. The molecule has 1 aromatic carbocycles. The number of rotatable bonds is 2. The Bertz CT molecular complexity index is 259. The Hall–Kier alpha value is -0.680. The standard InChI is InChI=1S/C9H14NS.CHF3/c1-11(2)9-5-3-8(7-10)4-6-9;2-1(3)4/h3-6H,7,10H2,1-2H3;1H/q+1;. The van der Waals surface area contributed by atoms with Crippen molar-refractivity contribution in [2.45, 2.75) is 18.1 Å². The van der Waals surface area contributed by atoms with Gasteiger partial charge in [-0.25, -0.2) is 0 Å². The van der Waals surface area contributed by atoms with Crippen LogP contribution in [-0.2, 0) is 17.4 Å². The van der Waals surface area contributed by atoms with E-state index in [0.29, 0.717) is 17.4 Å².